The standard InChI is InChI=1S/C6H7F2N3O/c1-2-3(6(9)12)4(5(7)8)11-10-2/h5H,1H3,(H2,9,12)(H,10,11). The molecule has 3 N–H and O–H groups in total. The van der Waals surface area contributed by atoms with Crippen LogP contribution in [0.25, 0.3) is 0 Å². The van der Waals surface area contributed by atoms with Gasteiger partial charge in [-0.25, -0.2) is 8.78 Å². The molecule has 0 aliphatic carbocycles. The third kappa shape index (κ3) is 1.27. The molecule has 0 saturated heterocycles. The molecule has 6 heteroatoms. The zero-order valence-electron chi connectivity index (χ0n) is 6.27. The van der Waals surface area contributed by atoms with E-state index in [4.69, 9.17) is 5.73 Å². The number of nitrogens with one attached hydrogen (secondary N) is 1. The van der Waals surface area contributed by atoms with Crippen molar-refractivity contribution in [1.29, 1.82) is 0 Å². The van der Waals surface area contributed by atoms with Crippen LogP contribution in [0, 0.1) is 6.92 Å². The Morgan fingerprint density at radius 3 is 2.58 bits per heavy atom. The maximum absolute atomic E-state index is 12.1. The quantitative estimate of drug-likeness (QED) is 0.696. The van der Waals surface area contributed by atoms with E-state index >= 15 is 0 Å². The van der Waals surface area contributed by atoms with Gasteiger partial charge < -0.3 is 5.73 Å². The minimum absolute atomic E-state index is 0.218. The topological polar surface area (TPSA) is 71.8 Å². The first-order chi connectivity index (χ1) is 5.54. The number of nitrogens with two attached hydrogens (primary N) is 1. The SMILES string of the molecule is Cc1[nH]nc(C(F)F)c1C(N)=O. The lowest BCUT2D eigenvalue weighted by molar-refractivity contribution is 0.0984. The molecule has 1 amide bonds. The van der Waals surface area contributed by atoms with Crippen LogP contribution in [0.15, 0.2) is 0 Å². The van der Waals surface area contributed by atoms with Crippen molar-refractivity contribution < 1.29 is 13.6 Å². The van der Waals surface area contributed by atoms with E-state index < -0.39 is 18.0 Å². The van der Waals surface area contributed by atoms with Crippen molar-refractivity contribution in [2.24, 2.45) is 5.73 Å². The molecule has 1 rings (SSSR count). The molecule has 12 heavy (non-hydrogen) atoms. The third-order valence-corrected chi connectivity index (χ3v) is 1.43. The summed E-state index contributed by atoms with van der Waals surface area (Å²) in [6.45, 7) is 1.46. The van der Waals surface area contributed by atoms with E-state index in [2.05, 4.69) is 10.2 Å². The predicted octanol–water partition coefficient (Wildman–Crippen LogP) is 0.755. The molecule has 0 aromatic carbocycles. The summed E-state index contributed by atoms with van der Waals surface area (Å²) in [4.78, 5) is 10.6. The molecular weight excluding hydrogens is 168 g/mol. The monoisotopic (exact) mass is 175 g/mol. The number of hydrogen-bond donors (Lipinski definition) is 2. The van der Waals surface area contributed by atoms with Gasteiger partial charge >= 0.3 is 0 Å². The summed E-state index contributed by atoms with van der Waals surface area (Å²) in [7, 11) is 0. The van der Waals surface area contributed by atoms with Crippen molar-refractivity contribution in [3.8, 4) is 0 Å². The number of alkyl halides is 2. The number of rotatable bonds is 2. The van der Waals surface area contributed by atoms with Gasteiger partial charge in [0.2, 0.25) is 0 Å². The smallest absolute Gasteiger partial charge is 0.282 e. The number of aryl methyl sites for hydroxylation is 1. The minimum atomic E-state index is -2.78. The molecule has 0 unspecified atom stereocenters. The van der Waals surface area contributed by atoms with Crippen LogP contribution in [-0.2, 0) is 0 Å². The van der Waals surface area contributed by atoms with Crippen LogP contribution < -0.4 is 5.73 Å². The van der Waals surface area contributed by atoms with E-state index in [1.54, 1.807) is 0 Å². The van der Waals surface area contributed by atoms with Crippen molar-refractivity contribution in [2.45, 2.75) is 13.3 Å². The Balaban J connectivity index is 3.21. The molecule has 0 aliphatic rings. The molecule has 0 spiro atoms. The highest BCUT2D eigenvalue weighted by molar-refractivity contribution is 5.95. The summed E-state index contributed by atoms with van der Waals surface area (Å²) in [5.41, 5.74) is 4.33. The summed E-state index contributed by atoms with van der Waals surface area (Å²) in [6.07, 6.45) is -2.78. The van der Waals surface area contributed by atoms with Crippen LogP contribution in [0.2, 0.25) is 0 Å². The largest absolute Gasteiger partial charge is 0.365 e. The fourth-order valence-corrected chi connectivity index (χ4v) is 0.917. The molecule has 0 atom stereocenters. The number of aromatic nitrogens is 2. The van der Waals surface area contributed by atoms with Crippen LogP contribution in [0.4, 0.5) is 8.78 Å². The summed E-state index contributed by atoms with van der Waals surface area (Å²) >= 11 is 0. The zero-order chi connectivity index (χ0) is 9.30. The maximum Gasteiger partial charge on any atom is 0.282 e. The summed E-state index contributed by atoms with van der Waals surface area (Å²) in [5.74, 6) is -0.892. The molecule has 66 valence electrons. The van der Waals surface area contributed by atoms with E-state index in [-0.39, 0.29) is 11.3 Å². The number of H-pyrrole nitrogens is 1. The van der Waals surface area contributed by atoms with Crippen LogP contribution in [-0.4, -0.2) is 16.1 Å². The molecular formula is C6H7F2N3O. The number of primary amides is 1. The van der Waals surface area contributed by atoms with Crippen LogP contribution in [0.1, 0.15) is 28.2 Å². The lowest BCUT2D eigenvalue weighted by Crippen LogP contribution is -2.14. The summed E-state index contributed by atoms with van der Waals surface area (Å²) in [5, 5.41) is 5.53. The number of aromatic amines is 1. The van der Waals surface area contributed by atoms with Crippen molar-refractivity contribution in [2.75, 3.05) is 0 Å². The van der Waals surface area contributed by atoms with Crippen molar-refractivity contribution in [1.82, 2.24) is 10.2 Å². The molecule has 1 heterocycles. The number of nitrogens with zero attached hydrogens (tertiary/aromatic N) is 1. The van der Waals surface area contributed by atoms with Crippen LogP contribution in [0.3, 0.4) is 0 Å². The highest BCUT2D eigenvalue weighted by Crippen LogP contribution is 2.21. The lowest BCUT2D eigenvalue weighted by atomic mass is 10.2. The van der Waals surface area contributed by atoms with Gasteiger partial charge in [0.05, 0.1) is 5.56 Å². The average molecular weight is 175 g/mol. The molecule has 0 fully saturated rings. The fourth-order valence-electron chi connectivity index (χ4n) is 0.917. The molecule has 1 aromatic heterocycles. The number of carbonyl (C=O) groups excluding carboxylic acids is 1. The Labute approximate surface area is 66.8 Å². The Hall–Kier alpha value is -1.46. The number of hydrogen-bond acceptors (Lipinski definition) is 2. The van der Waals surface area contributed by atoms with Gasteiger partial charge in [0.1, 0.15) is 5.69 Å². The molecule has 0 radical (unpaired) electrons. The lowest BCUT2D eigenvalue weighted by Gasteiger charge is -1.96. The third-order valence-electron chi connectivity index (χ3n) is 1.43. The van der Waals surface area contributed by atoms with E-state index in [0.717, 1.165) is 0 Å². The molecule has 4 nitrogen and oxygen atoms in total. The van der Waals surface area contributed by atoms with Crippen molar-refractivity contribution >= 4 is 5.91 Å². The average Bonchev–Trinajstić information content (AvgIpc) is 2.30. The van der Waals surface area contributed by atoms with Crippen LogP contribution in [0.5, 0.6) is 0 Å². The van der Waals surface area contributed by atoms with E-state index in [0.29, 0.717) is 0 Å². The number of halogens is 2. The normalized spacial score (nSPS) is 10.7. The Morgan fingerprint density at radius 1 is 1.67 bits per heavy atom. The van der Waals surface area contributed by atoms with E-state index in [9.17, 15) is 13.6 Å². The molecule has 1 aromatic rings. The van der Waals surface area contributed by atoms with Crippen LogP contribution >= 0.6 is 0 Å². The molecule has 0 saturated carbocycles. The second kappa shape index (κ2) is 2.88. The molecule has 0 bridgehead atoms. The Morgan fingerprint density at radius 2 is 2.25 bits per heavy atom. The van der Waals surface area contributed by atoms with Gasteiger partial charge in [0.15, 0.2) is 0 Å². The van der Waals surface area contributed by atoms with Gasteiger partial charge in [0.25, 0.3) is 12.3 Å². The van der Waals surface area contributed by atoms with Gasteiger partial charge in [-0.2, -0.15) is 5.10 Å². The van der Waals surface area contributed by atoms with Gasteiger partial charge in [-0.3, -0.25) is 9.89 Å². The Bertz CT molecular complexity index is 308. The fraction of sp³-hybridized carbons (Fsp3) is 0.333. The first kappa shape index (κ1) is 8.63. The highest BCUT2D eigenvalue weighted by Gasteiger charge is 2.22. The van der Waals surface area contributed by atoms with Gasteiger partial charge in [-0.15, -0.1) is 0 Å². The minimum Gasteiger partial charge on any atom is -0.365 e. The van der Waals surface area contributed by atoms with Crippen molar-refractivity contribution in [3.05, 3.63) is 17.0 Å². The predicted molar refractivity (Wildman–Crippen MR) is 36.8 cm³/mol. The Kier molecular flexibility index (Phi) is 2.07. The maximum atomic E-state index is 12.1. The van der Waals surface area contributed by atoms with Gasteiger partial charge in [-0.1, -0.05) is 0 Å². The molecule has 0 aliphatic heterocycles. The van der Waals surface area contributed by atoms with E-state index in [1.165, 1.54) is 6.92 Å². The van der Waals surface area contributed by atoms with E-state index in [1.807, 2.05) is 0 Å². The van der Waals surface area contributed by atoms with Gasteiger partial charge in [0, 0.05) is 5.69 Å². The van der Waals surface area contributed by atoms with Crippen molar-refractivity contribution in [3.63, 3.8) is 0 Å². The second-order valence-electron chi connectivity index (χ2n) is 2.27. The first-order valence-corrected chi connectivity index (χ1v) is 3.17. The number of amides is 1. The number of carbonyl (C=O) groups is 1. The van der Waals surface area contributed by atoms with Gasteiger partial charge in [-0.05, 0) is 6.92 Å². The first-order valence-electron chi connectivity index (χ1n) is 3.17. The summed E-state index contributed by atoms with van der Waals surface area (Å²) in [6, 6.07) is 0. The zero-order valence-corrected chi connectivity index (χ0v) is 6.27. The highest BCUT2D eigenvalue weighted by atomic mass is 19.3. The summed E-state index contributed by atoms with van der Waals surface area (Å²) < 4.78 is 24.2. The second-order valence-corrected chi connectivity index (χ2v) is 2.27.